The molecule has 2 aromatic carbocycles. The Labute approximate surface area is 261 Å². The molecule has 16 nitrogen and oxygen atoms in total. The Morgan fingerprint density at radius 2 is 1.55 bits per heavy atom. The summed E-state index contributed by atoms with van der Waals surface area (Å²) in [6, 6.07) is 5.26. The number of alkyl halides is 1. The van der Waals surface area contributed by atoms with Crippen molar-refractivity contribution in [2.75, 3.05) is 6.61 Å². The van der Waals surface area contributed by atoms with Gasteiger partial charge in [0.2, 0.25) is 11.2 Å². The van der Waals surface area contributed by atoms with Crippen molar-refractivity contribution in [1.29, 1.82) is 0 Å². The summed E-state index contributed by atoms with van der Waals surface area (Å²) < 4.78 is 20.2. The molecule has 3 aromatic rings. The zero-order valence-electron chi connectivity index (χ0n) is 22.7. The Kier molecular flexibility index (Phi) is 10.5. The molecule has 4 rings (SSSR count). The number of hydrogen-bond donors (Lipinski definition) is 11. The number of hydrogen-bond acceptors (Lipinski definition) is 16. The third-order valence-corrected chi connectivity index (χ3v) is 7.98. The van der Waals surface area contributed by atoms with Crippen LogP contribution in [-0.4, -0.2) is 122 Å². The molecule has 0 spiro atoms. The molecule has 1 fully saturated rings. The quantitative estimate of drug-likeness (QED) is 0.0656. The van der Waals surface area contributed by atoms with E-state index in [4.69, 9.17) is 18.6 Å². The topological polar surface area (TPSA) is 280 Å². The van der Waals surface area contributed by atoms with E-state index in [1.807, 2.05) is 0 Å². The second-order valence-electron chi connectivity index (χ2n) is 10.2. The Hall–Kier alpha value is -2.98. The SMILES string of the molecule is CC1OC(OCC(O)C(O)C(O)C(O)C(I)Oc2c(-c3ccc(O)c(O)c3)oc3cc(O)cc(O)c3c2=O)[C@@H](O)C(O)C1O. The fraction of sp³-hybridized carbons (Fsp3) is 0.444. The van der Waals surface area contributed by atoms with Gasteiger partial charge in [0.25, 0.3) is 0 Å². The molecular weight excluding hydrogens is 707 g/mol. The van der Waals surface area contributed by atoms with Crippen molar-refractivity contribution < 1.29 is 74.8 Å². The number of benzene rings is 2. The van der Waals surface area contributed by atoms with Gasteiger partial charge in [0.05, 0.1) is 12.7 Å². The molecule has 0 radical (unpaired) electrons. The van der Waals surface area contributed by atoms with E-state index in [0.717, 1.165) is 24.3 Å². The summed E-state index contributed by atoms with van der Waals surface area (Å²) >= 11 is 1.48. The van der Waals surface area contributed by atoms with E-state index >= 15 is 0 Å². The summed E-state index contributed by atoms with van der Waals surface area (Å²) in [6.45, 7) is 0.642. The van der Waals surface area contributed by atoms with Crippen LogP contribution in [0.1, 0.15) is 6.92 Å². The third kappa shape index (κ3) is 6.81. The molecule has 44 heavy (non-hydrogen) atoms. The van der Waals surface area contributed by atoms with Crippen molar-refractivity contribution in [2.45, 2.75) is 66.2 Å². The molecule has 242 valence electrons. The smallest absolute Gasteiger partial charge is 0.239 e. The predicted molar refractivity (Wildman–Crippen MR) is 155 cm³/mol. The number of phenols is 4. The predicted octanol–water partition coefficient (Wildman–Crippen LogP) is -1.29. The first-order valence-corrected chi connectivity index (χ1v) is 14.3. The number of rotatable bonds is 10. The maximum atomic E-state index is 13.4. The van der Waals surface area contributed by atoms with Crippen LogP contribution in [0.3, 0.4) is 0 Å². The van der Waals surface area contributed by atoms with Crippen molar-refractivity contribution in [3.8, 4) is 40.1 Å². The summed E-state index contributed by atoms with van der Waals surface area (Å²) in [7, 11) is 0. The van der Waals surface area contributed by atoms with E-state index in [0.29, 0.717) is 0 Å². The van der Waals surface area contributed by atoms with Gasteiger partial charge in [-0.3, -0.25) is 4.79 Å². The lowest BCUT2D eigenvalue weighted by molar-refractivity contribution is -0.299. The van der Waals surface area contributed by atoms with Crippen LogP contribution >= 0.6 is 22.6 Å². The van der Waals surface area contributed by atoms with E-state index in [-0.39, 0.29) is 16.9 Å². The number of aliphatic hydroxyl groups is 7. The highest BCUT2D eigenvalue weighted by molar-refractivity contribution is 14.1. The van der Waals surface area contributed by atoms with Crippen LogP contribution in [0.25, 0.3) is 22.3 Å². The highest BCUT2D eigenvalue weighted by atomic mass is 127. The van der Waals surface area contributed by atoms with Crippen LogP contribution in [0.2, 0.25) is 0 Å². The van der Waals surface area contributed by atoms with Crippen molar-refractivity contribution >= 4 is 33.6 Å². The maximum absolute atomic E-state index is 13.4. The van der Waals surface area contributed by atoms with E-state index in [1.54, 1.807) is 0 Å². The van der Waals surface area contributed by atoms with E-state index in [2.05, 4.69) is 0 Å². The maximum Gasteiger partial charge on any atom is 0.239 e. The Morgan fingerprint density at radius 1 is 0.864 bits per heavy atom. The first-order chi connectivity index (χ1) is 20.6. The molecule has 0 saturated carbocycles. The van der Waals surface area contributed by atoms with Gasteiger partial charge < -0.3 is 74.8 Å². The number of fused-ring (bicyclic) bond motifs is 1. The molecular formula is C27H31IO16. The van der Waals surface area contributed by atoms with E-state index < -0.39 is 105 Å². The molecule has 0 aliphatic carbocycles. The summed E-state index contributed by atoms with van der Waals surface area (Å²) in [6.07, 6.45) is -15.3. The molecule has 1 aliphatic rings. The standard InChI is InChI=1S/C27H31IO16/c1-8-17(34)20(37)23(40)27(42-8)41-7-14(33)18(35)21(38)22(39)26(28)44-25-19(36)16-13(32)5-10(29)6-15(16)43-24(25)9-2-3-11(30)12(31)4-9/h2-6,8,14,17-18,20-23,26-27,29-35,37-40H,7H2,1H3/t8?,14?,17?,18?,20?,21?,22?,23-,26?,27?/m0/s1. The third-order valence-electron chi connectivity index (χ3n) is 6.99. The van der Waals surface area contributed by atoms with Gasteiger partial charge in [0, 0.05) is 17.7 Å². The summed E-state index contributed by atoms with van der Waals surface area (Å²) in [4.78, 5) is 13.4. The number of phenolic OH excluding ortho intramolecular Hbond substituents is 4. The Balaban J connectivity index is 1.55. The average molecular weight is 738 g/mol. The molecule has 9 unspecified atom stereocenters. The van der Waals surface area contributed by atoms with Gasteiger partial charge in [-0.25, -0.2) is 0 Å². The first-order valence-electron chi connectivity index (χ1n) is 13.0. The van der Waals surface area contributed by atoms with Gasteiger partial charge in [-0.05, 0) is 47.7 Å². The van der Waals surface area contributed by atoms with Gasteiger partial charge in [0.1, 0.15) is 65.2 Å². The lowest BCUT2D eigenvalue weighted by Gasteiger charge is -2.39. The normalized spacial score (nSPS) is 25.7. The molecule has 0 amide bonds. The number of aromatic hydroxyl groups is 4. The molecule has 1 aromatic heterocycles. The average Bonchev–Trinajstić information content (AvgIpc) is 2.98. The summed E-state index contributed by atoms with van der Waals surface area (Å²) in [5.74, 6) is -3.21. The fourth-order valence-electron chi connectivity index (χ4n) is 4.44. The lowest BCUT2D eigenvalue weighted by Crippen LogP contribution is -2.58. The first kappa shape index (κ1) is 33.9. The zero-order valence-corrected chi connectivity index (χ0v) is 24.9. The number of halogens is 1. The van der Waals surface area contributed by atoms with E-state index in [9.17, 15) is 61.0 Å². The molecule has 1 saturated heterocycles. The van der Waals surface area contributed by atoms with Gasteiger partial charge in [0.15, 0.2) is 27.7 Å². The molecule has 10 atom stereocenters. The largest absolute Gasteiger partial charge is 0.508 e. The molecule has 1 aliphatic heterocycles. The van der Waals surface area contributed by atoms with Crippen molar-refractivity contribution in [1.82, 2.24) is 0 Å². The van der Waals surface area contributed by atoms with Crippen LogP contribution in [0, 0.1) is 0 Å². The second-order valence-corrected chi connectivity index (χ2v) is 11.4. The second kappa shape index (κ2) is 13.6. The lowest BCUT2D eigenvalue weighted by atomic mass is 10.00. The monoisotopic (exact) mass is 738 g/mol. The molecule has 2 heterocycles. The van der Waals surface area contributed by atoms with Gasteiger partial charge in [-0.15, -0.1) is 0 Å². The summed E-state index contributed by atoms with van der Waals surface area (Å²) in [5, 5.41) is 111. The Morgan fingerprint density at radius 3 is 2.20 bits per heavy atom. The minimum absolute atomic E-state index is 0.0116. The van der Waals surface area contributed by atoms with Gasteiger partial charge in [-0.2, -0.15) is 0 Å². The van der Waals surface area contributed by atoms with Crippen LogP contribution in [0.15, 0.2) is 39.5 Å². The highest BCUT2D eigenvalue weighted by Crippen LogP contribution is 2.39. The van der Waals surface area contributed by atoms with Crippen molar-refractivity contribution in [2.24, 2.45) is 0 Å². The zero-order chi connectivity index (χ0) is 32.6. The molecule has 17 heteroatoms. The number of ether oxygens (including phenoxy) is 3. The van der Waals surface area contributed by atoms with Gasteiger partial charge in [-0.1, -0.05) is 0 Å². The molecule has 0 bridgehead atoms. The summed E-state index contributed by atoms with van der Waals surface area (Å²) in [5.41, 5.74) is -1.28. The molecule has 11 N–H and O–H groups in total. The number of aliphatic hydroxyl groups excluding tert-OH is 7. The van der Waals surface area contributed by atoms with Crippen LogP contribution in [0.4, 0.5) is 0 Å². The van der Waals surface area contributed by atoms with Crippen LogP contribution < -0.4 is 10.2 Å². The van der Waals surface area contributed by atoms with Crippen LogP contribution in [-0.2, 0) is 9.47 Å². The highest BCUT2D eigenvalue weighted by Gasteiger charge is 2.43. The fourth-order valence-corrected chi connectivity index (χ4v) is 5.12. The van der Waals surface area contributed by atoms with Gasteiger partial charge >= 0.3 is 0 Å². The van der Waals surface area contributed by atoms with E-state index in [1.165, 1.54) is 35.6 Å². The Bertz CT molecular complexity index is 1530. The van der Waals surface area contributed by atoms with Crippen molar-refractivity contribution in [3.05, 3.63) is 40.6 Å². The van der Waals surface area contributed by atoms with Crippen molar-refractivity contribution in [3.63, 3.8) is 0 Å². The van der Waals surface area contributed by atoms with Crippen LogP contribution in [0.5, 0.6) is 28.7 Å². The minimum Gasteiger partial charge on any atom is -0.508 e. The minimum atomic E-state index is -2.13.